The highest BCUT2D eigenvalue weighted by Gasteiger charge is 2.42. The lowest BCUT2D eigenvalue weighted by Crippen LogP contribution is -2.29. The molecule has 0 fully saturated rings. The molecule has 0 saturated heterocycles. The Morgan fingerprint density at radius 3 is 2.62 bits per heavy atom. The van der Waals surface area contributed by atoms with Crippen LogP contribution in [0.4, 0.5) is 10.8 Å². The van der Waals surface area contributed by atoms with Crippen molar-refractivity contribution in [2.45, 2.75) is 11.8 Å². The first-order valence-corrected chi connectivity index (χ1v) is 12.8. The number of amides is 2. The molecule has 0 spiro atoms. The maximum atomic E-state index is 13.1. The summed E-state index contributed by atoms with van der Waals surface area (Å²) in [6.45, 7) is 2.43. The van der Waals surface area contributed by atoms with Gasteiger partial charge in [-0.1, -0.05) is 22.9 Å². The first-order valence-electron chi connectivity index (χ1n) is 10.1. The molecule has 34 heavy (non-hydrogen) atoms. The number of carbonyl (C=O) groups is 2. The highest BCUT2D eigenvalue weighted by Crippen LogP contribution is 2.36. The van der Waals surface area contributed by atoms with Crippen LogP contribution in [0.2, 0.25) is 5.02 Å². The summed E-state index contributed by atoms with van der Waals surface area (Å²) in [7, 11) is -4.19. The van der Waals surface area contributed by atoms with Gasteiger partial charge in [0.2, 0.25) is 0 Å². The van der Waals surface area contributed by atoms with E-state index in [0.717, 1.165) is 4.70 Å². The van der Waals surface area contributed by atoms with Crippen molar-refractivity contribution in [1.82, 2.24) is 4.98 Å². The Bertz CT molecular complexity index is 1570. The quantitative estimate of drug-likeness (QED) is 0.405. The van der Waals surface area contributed by atoms with E-state index in [0.29, 0.717) is 32.3 Å². The SMILES string of the molecule is CCOc1ccc2nc(NC(=O)c3ccc4c(c3)S(=O)(=O)N(c3ccc(Cl)cc3)C4=O)sc2c1. The molecule has 0 radical (unpaired) electrons. The number of hydrogen-bond acceptors (Lipinski definition) is 7. The van der Waals surface area contributed by atoms with Gasteiger partial charge in [0, 0.05) is 10.6 Å². The van der Waals surface area contributed by atoms with Gasteiger partial charge < -0.3 is 4.74 Å². The van der Waals surface area contributed by atoms with Crippen LogP contribution < -0.4 is 14.4 Å². The number of sulfonamides is 1. The van der Waals surface area contributed by atoms with Crippen molar-refractivity contribution in [1.29, 1.82) is 0 Å². The van der Waals surface area contributed by atoms with Crippen LogP contribution in [0.3, 0.4) is 0 Å². The molecule has 11 heteroatoms. The van der Waals surface area contributed by atoms with Crippen LogP contribution in [0.5, 0.6) is 5.75 Å². The van der Waals surface area contributed by atoms with Crippen molar-refractivity contribution in [3.05, 3.63) is 76.8 Å². The Kier molecular flexibility index (Phi) is 5.51. The van der Waals surface area contributed by atoms with Gasteiger partial charge in [0.15, 0.2) is 5.13 Å². The van der Waals surface area contributed by atoms with Crippen LogP contribution in [0, 0.1) is 0 Å². The predicted octanol–water partition coefficient (Wildman–Crippen LogP) is 4.95. The van der Waals surface area contributed by atoms with E-state index in [-0.39, 0.29) is 21.7 Å². The zero-order valence-electron chi connectivity index (χ0n) is 17.6. The lowest BCUT2D eigenvalue weighted by Gasteiger charge is -2.14. The van der Waals surface area contributed by atoms with Gasteiger partial charge in [-0.2, -0.15) is 4.31 Å². The van der Waals surface area contributed by atoms with Crippen molar-refractivity contribution >= 4 is 65.8 Å². The Hall–Kier alpha value is -3.47. The molecule has 8 nitrogen and oxygen atoms in total. The second-order valence-electron chi connectivity index (χ2n) is 7.30. The van der Waals surface area contributed by atoms with Crippen LogP contribution >= 0.6 is 22.9 Å². The van der Waals surface area contributed by atoms with Crippen molar-refractivity contribution in [2.24, 2.45) is 0 Å². The molecule has 0 unspecified atom stereocenters. The van der Waals surface area contributed by atoms with E-state index >= 15 is 0 Å². The zero-order chi connectivity index (χ0) is 24.0. The molecule has 0 saturated carbocycles. The van der Waals surface area contributed by atoms with Gasteiger partial charge in [0.1, 0.15) is 10.6 Å². The van der Waals surface area contributed by atoms with Gasteiger partial charge >= 0.3 is 0 Å². The van der Waals surface area contributed by atoms with E-state index in [4.69, 9.17) is 16.3 Å². The van der Waals surface area contributed by atoms with E-state index in [1.165, 1.54) is 53.8 Å². The monoisotopic (exact) mass is 513 g/mol. The van der Waals surface area contributed by atoms with Gasteiger partial charge in [-0.3, -0.25) is 14.9 Å². The Morgan fingerprint density at radius 2 is 1.88 bits per heavy atom. The van der Waals surface area contributed by atoms with Gasteiger partial charge in [-0.15, -0.1) is 0 Å². The van der Waals surface area contributed by atoms with E-state index in [1.807, 2.05) is 13.0 Å². The Morgan fingerprint density at radius 1 is 1.12 bits per heavy atom. The number of halogens is 1. The molecule has 3 aromatic carbocycles. The van der Waals surface area contributed by atoms with E-state index in [2.05, 4.69) is 10.3 Å². The van der Waals surface area contributed by atoms with Gasteiger partial charge in [-0.25, -0.2) is 13.4 Å². The molecule has 4 aromatic rings. The molecule has 0 atom stereocenters. The summed E-state index contributed by atoms with van der Waals surface area (Å²) in [5, 5.41) is 3.47. The second kappa shape index (κ2) is 8.39. The van der Waals surface area contributed by atoms with Gasteiger partial charge in [-0.05, 0) is 67.6 Å². The van der Waals surface area contributed by atoms with E-state index < -0.39 is 21.8 Å². The zero-order valence-corrected chi connectivity index (χ0v) is 20.0. The van der Waals surface area contributed by atoms with E-state index in [1.54, 1.807) is 12.1 Å². The standard InChI is InChI=1S/C23H16ClN3O5S2/c1-2-32-16-8-10-18-19(12-16)33-23(25-18)26-21(28)13-3-9-17-20(11-13)34(30,31)27(22(17)29)15-6-4-14(24)5-7-15/h3-12H,2H2,1H3,(H,25,26,28). The molecule has 0 aliphatic carbocycles. The lowest BCUT2D eigenvalue weighted by molar-refractivity contribution is 0.100. The number of nitrogens with zero attached hydrogens (tertiary/aromatic N) is 2. The summed E-state index contributed by atoms with van der Waals surface area (Å²) in [4.78, 5) is 29.9. The average molecular weight is 514 g/mol. The lowest BCUT2D eigenvalue weighted by atomic mass is 10.1. The number of thiazole rings is 1. The minimum absolute atomic E-state index is 0.00468. The molecule has 1 N–H and O–H groups in total. The third kappa shape index (κ3) is 3.79. The highest BCUT2D eigenvalue weighted by molar-refractivity contribution is 7.94. The maximum Gasteiger partial charge on any atom is 0.273 e. The smallest absolute Gasteiger partial charge is 0.273 e. The normalized spacial score (nSPS) is 14.3. The maximum absolute atomic E-state index is 13.1. The number of benzene rings is 3. The second-order valence-corrected chi connectivity index (χ2v) is 10.5. The summed E-state index contributed by atoms with van der Waals surface area (Å²) in [6, 6.07) is 15.3. The summed E-state index contributed by atoms with van der Waals surface area (Å²) >= 11 is 7.15. The van der Waals surface area contributed by atoms with Crippen LogP contribution in [0.15, 0.2) is 65.6 Å². The Balaban J connectivity index is 1.43. The fourth-order valence-corrected chi connectivity index (χ4v) is 6.22. The summed E-state index contributed by atoms with van der Waals surface area (Å²) < 4.78 is 33.3. The molecule has 1 aliphatic rings. The molecule has 0 bridgehead atoms. The fraction of sp³-hybridized carbons (Fsp3) is 0.0870. The van der Waals surface area contributed by atoms with Gasteiger partial charge in [0.05, 0.1) is 28.1 Å². The summed E-state index contributed by atoms with van der Waals surface area (Å²) in [5.74, 6) is -0.532. The Labute approximate surface area is 203 Å². The third-order valence-electron chi connectivity index (χ3n) is 5.13. The fourth-order valence-electron chi connectivity index (χ4n) is 3.59. The predicted molar refractivity (Wildman–Crippen MR) is 131 cm³/mol. The van der Waals surface area contributed by atoms with Crippen molar-refractivity contribution in [3.63, 3.8) is 0 Å². The number of carbonyl (C=O) groups excluding carboxylic acids is 2. The third-order valence-corrected chi connectivity index (χ3v) is 8.07. The topological polar surface area (TPSA) is 106 Å². The van der Waals surface area contributed by atoms with Crippen LogP contribution in [-0.2, 0) is 10.0 Å². The van der Waals surface area contributed by atoms with Gasteiger partial charge in [0.25, 0.3) is 21.8 Å². The average Bonchev–Trinajstić information content (AvgIpc) is 3.29. The van der Waals surface area contributed by atoms with E-state index in [9.17, 15) is 18.0 Å². The summed E-state index contributed by atoms with van der Waals surface area (Å²) in [6.07, 6.45) is 0. The minimum atomic E-state index is -4.19. The minimum Gasteiger partial charge on any atom is -0.494 e. The molecule has 5 rings (SSSR count). The first-order chi connectivity index (χ1) is 16.3. The number of rotatable bonds is 5. The number of nitrogens with one attached hydrogen (secondary N) is 1. The molecule has 2 heterocycles. The van der Waals surface area contributed by atoms with Crippen molar-refractivity contribution in [3.8, 4) is 5.75 Å². The molecule has 172 valence electrons. The molecular formula is C23H16ClN3O5S2. The van der Waals surface area contributed by atoms with Crippen LogP contribution in [0.25, 0.3) is 10.2 Å². The number of fused-ring (bicyclic) bond motifs is 2. The highest BCUT2D eigenvalue weighted by atomic mass is 35.5. The molecule has 1 aliphatic heterocycles. The first kappa shape index (κ1) is 22.3. The number of ether oxygens (including phenoxy) is 1. The number of hydrogen-bond donors (Lipinski definition) is 1. The molecule has 2 amide bonds. The van der Waals surface area contributed by atoms with Crippen LogP contribution in [-0.4, -0.2) is 31.8 Å². The van der Waals surface area contributed by atoms with Crippen molar-refractivity contribution < 1.29 is 22.7 Å². The molecular weight excluding hydrogens is 498 g/mol. The van der Waals surface area contributed by atoms with Crippen LogP contribution in [0.1, 0.15) is 27.6 Å². The van der Waals surface area contributed by atoms with Crippen molar-refractivity contribution in [2.75, 3.05) is 16.2 Å². The molecule has 1 aromatic heterocycles. The summed E-state index contributed by atoms with van der Waals surface area (Å²) in [5.41, 5.74) is 0.944. The number of anilines is 2. The largest absolute Gasteiger partial charge is 0.494 e. The number of aromatic nitrogens is 1.